The van der Waals surface area contributed by atoms with E-state index in [0.717, 1.165) is 10.9 Å². The molecular weight excluding hydrogens is 275 g/mol. The van der Waals surface area contributed by atoms with Crippen LogP contribution in [-0.2, 0) is 10.2 Å². The first-order valence-electron chi connectivity index (χ1n) is 5.17. The summed E-state index contributed by atoms with van der Waals surface area (Å²) in [4.78, 5) is 11.3. The third-order valence-corrected chi connectivity index (χ3v) is 3.81. The average Bonchev–Trinajstić information content (AvgIpc) is 2.10. The Balaban J connectivity index is 2.59. The summed E-state index contributed by atoms with van der Waals surface area (Å²) in [6, 6.07) is 3.25. The fraction of sp³-hybridized carbons (Fsp3) is 0.417. The van der Waals surface area contributed by atoms with Gasteiger partial charge < -0.3 is 5.11 Å². The van der Waals surface area contributed by atoms with Crippen LogP contribution in [0.4, 0.5) is 4.39 Å². The van der Waals surface area contributed by atoms with Crippen molar-refractivity contribution in [3.05, 3.63) is 33.5 Å². The van der Waals surface area contributed by atoms with Gasteiger partial charge in [-0.1, -0.05) is 22.4 Å². The molecule has 2 nitrogen and oxygen atoms in total. The van der Waals surface area contributed by atoms with Gasteiger partial charge in [0.05, 0.1) is 5.41 Å². The summed E-state index contributed by atoms with van der Waals surface area (Å²) in [6.45, 7) is 1.65. The van der Waals surface area contributed by atoms with Crippen LogP contribution < -0.4 is 0 Å². The molecule has 0 heterocycles. The maximum absolute atomic E-state index is 14.0. The highest BCUT2D eigenvalue weighted by molar-refractivity contribution is 9.10. The molecule has 4 heteroatoms. The summed E-state index contributed by atoms with van der Waals surface area (Å²) in [7, 11) is 0. The van der Waals surface area contributed by atoms with Gasteiger partial charge in [-0.3, -0.25) is 4.79 Å². The Morgan fingerprint density at radius 3 is 2.56 bits per heavy atom. The van der Waals surface area contributed by atoms with E-state index in [1.807, 2.05) is 0 Å². The number of hydrogen-bond donors (Lipinski definition) is 1. The molecule has 2 rings (SSSR count). The molecule has 1 aliphatic carbocycles. The maximum Gasteiger partial charge on any atom is 0.314 e. The quantitative estimate of drug-likeness (QED) is 0.905. The minimum absolute atomic E-state index is 0.318. The predicted octanol–water partition coefficient (Wildman–Crippen LogP) is 3.40. The Morgan fingerprint density at radius 2 is 2.12 bits per heavy atom. The Labute approximate surface area is 102 Å². The smallest absolute Gasteiger partial charge is 0.314 e. The Hall–Kier alpha value is -0.900. The van der Waals surface area contributed by atoms with Crippen LogP contribution >= 0.6 is 15.9 Å². The van der Waals surface area contributed by atoms with Crippen LogP contribution in [0.15, 0.2) is 16.6 Å². The fourth-order valence-corrected chi connectivity index (χ4v) is 2.77. The van der Waals surface area contributed by atoms with Crippen molar-refractivity contribution in [3.8, 4) is 0 Å². The van der Waals surface area contributed by atoms with Gasteiger partial charge in [-0.2, -0.15) is 0 Å². The zero-order valence-corrected chi connectivity index (χ0v) is 10.5. The van der Waals surface area contributed by atoms with E-state index < -0.39 is 11.4 Å². The number of aliphatic carboxylic acids is 1. The summed E-state index contributed by atoms with van der Waals surface area (Å²) in [5.74, 6) is -1.31. The number of halogens is 2. The van der Waals surface area contributed by atoms with Crippen LogP contribution in [0.2, 0.25) is 0 Å². The summed E-state index contributed by atoms with van der Waals surface area (Å²) in [6.07, 6.45) is 1.89. The maximum atomic E-state index is 14.0. The average molecular weight is 287 g/mol. The van der Waals surface area contributed by atoms with Gasteiger partial charge in [0.2, 0.25) is 0 Å². The third kappa shape index (κ3) is 1.56. The normalized spacial score (nSPS) is 17.9. The number of carboxylic acid groups (broad SMARTS) is 1. The summed E-state index contributed by atoms with van der Waals surface area (Å²) in [5, 5.41) is 9.26. The monoisotopic (exact) mass is 286 g/mol. The van der Waals surface area contributed by atoms with Crippen LogP contribution in [0, 0.1) is 12.7 Å². The number of hydrogen-bond acceptors (Lipinski definition) is 1. The van der Waals surface area contributed by atoms with E-state index in [2.05, 4.69) is 15.9 Å². The van der Waals surface area contributed by atoms with Crippen LogP contribution in [0.25, 0.3) is 0 Å². The molecule has 0 amide bonds. The van der Waals surface area contributed by atoms with Gasteiger partial charge in [0.25, 0.3) is 0 Å². The van der Waals surface area contributed by atoms with Gasteiger partial charge in [-0.15, -0.1) is 0 Å². The molecule has 1 N–H and O–H groups in total. The van der Waals surface area contributed by atoms with Crippen molar-refractivity contribution in [1.29, 1.82) is 0 Å². The molecule has 1 saturated carbocycles. The van der Waals surface area contributed by atoms with Crippen molar-refractivity contribution >= 4 is 21.9 Å². The predicted molar refractivity (Wildman–Crippen MR) is 62.0 cm³/mol. The Morgan fingerprint density at radius 1 is 1.50 bits per heavy atom. The topological polar surface area (TPSA) is 37.3 Å². The van der Waals surface area contributed by atoms with Gasteiger partial charge in [-0.25, -0.2) is 4.39 Å². The van der Waals surface area contributed by atoms with Gasteiger partial charge >= 0.3 is 5.97 Å². The van der Waals surface area contributed by atoms with E-state index in [1.165, 1.54) is 0 Å². The minimum Gasteiger partial charge on any atom is -0.481 e. The molecule has 1 aliphatic rings. The molecule has 0 saturated heterocycles. The number of carboxylic acids is 1. The van der Waals surface area contributed by atoms with Gasteiger partial charge in [-0.05, 0) is 37.5 Å². The van der Waals surface area contributed by atoms with Crippen molar-refractivity contribution in [2.45, 2.75) is 31.6 Å². The lowest BCUT2D eigenvalue weighted by Gasteiger charge is -2.38. The van der Waals surface area contributed by atoms with E-state index in [1.54, 1.807) is 19.1 Å². The van der Waals surface area contributed by atoms with Crippen molar-refractivity contribution < 1.29 is 14.3 Å². The second-order valence-corrected chi connectivity index (χ2v) is 5.24. The van der Waals surface area contributed by atoms with Crippen molar-refractivity contribution in [1.82, 2.24) is 0 Å². The highest BCUT2D eigenvalue weighted by Crippen LogP contribution is 2.46. The summed E-state index contributed by atoms with van der Waals surface area (Å²) >= 11 is 3.28. The lowest BCUT2D eigenvalue weighted by molar-refractivity contribution is -0.147. The minimum atomic E-state index is -1.00. The lowest BCUT2D eigenvalue weighted by atomic mass is 9.64. The highest BCUT2D eigenvalue weighted by atomic mass is 79.9. The summed E-state index contributed by atoms with van der Waals surface area (Å²) < 4.78 is 14.7. The molecule has 0 atom stereocenters. The first-order chi connectivity index (χ1) is 7.47. The first-order valence-corrected chi connectivity index (χ1v) is 5.96. The third-order valence-electron chi connectivity index (χ3n) is 3.35. The molecule has 0 bridgehead atoms. The summed E-state index contributed by atoms with van der Waals surface area (Å²) in [5.41, 5.74) is -0.200. The van der Waals surface area contributed by atoms with E-state index in [0.29, 0.717) is 24.0 Å². The molecule has 86 valence electrons. The molecular formula is C12H12BrFO2. The largest absolute Gasteiger partial charge is 0.481 e. The molecule has 0 unspecified atom stereocenters. The van der Waals surface area contributed by atoms with E-state index in [4.69, 9.17) is 0 Å². The molecule has 0 aromatic heterocycles. The van der Waals surface area contributed by atoms with Crippen LogP contribution in [-0.4, -0.2) is 11.1 Å². The van der Waals surface area contributed by atoms with Gasteiger partial charge in [0, 0.05) is 10.0 Å². The second kappa shape index (κ2) is 3.84. The van der Waals surface area contributed by atoms with Crippen molar-refractivity contribution in [2.24, 2.45) is 0 Å². The van der Waals surface area contributed by atoms with E-state index in [-0.39, 0.29) is 5.82 Å². The Bertz CT molecular complexity index is 453. The lowest BCUT2D eigenvalue weighted by Crippen LogP contribution is -2.43. The zero-order valence-electron chi connectivity index (χ0n) is 8.89. The first kappa shape index (κ1) is 11.6. The van der Waals surface area contributed by atoms with Gasteiger partial charge in [0.1, 0.15) is 5.82 Å². The standard InChI is InChI=1S/C12H12BrFO2/c1-7-5-8(13)6-9(10(7)14)12(11(15)16)3-2-4-12/h5-6H,2-4H2,1H3,(H,15,16). The van der Waals surface area contributed by atoms with Crippen LogP contribution in [0.5, 0.6) is 0 Å². The van der Waals surface area contributed by atoms with Crippen molar-refractivity contribution in [3.63, 3.8) is 0 Å². The molecule has 0 spiro atoms. The fourth-order valence-electron chi connectivity index (χ4n) is 2.20. The molecule has 1 fully saturated rings. The number of rotatable bonds is 2. The van der Waals surface area contributed by atoms with Crippen LogP contribution in [0.3, 0.4) is 0 Å². The SMILES string of the molecule is Cc1cc(Br)cc(C2(C(=O)O)CCC2)c1F. The molecule has 0 radical (unpaired) electrons. The number of benzene rings is 1. The molecule has 1 aromatic carbocycles. The zero-order chi connectivity index (χ0) is 11.9. The van der Waals surface area contributed by atoms with Crippen molar-refractivity contribution in [2.75, 3.05) is 0 Å². The van der Waals surface area contributed by atoms with E-state index in [9.17, 15) is 14.3 Å². The number of aryl methyl sites for hydroxylation is 1. The Kier molecular flexibility index (Phi) is 2.78. The second-order valence-electron chi connectivity index (χ2n) is 4.33. The van der Waals surface area contributed by atoms with Gasteiger partial charge in [0.15, 0.2) is 0 Å². The van der Waals surface area contributed by atoms with E-state index >= 15 is 0 Å². The highest BCUT2D eigenvalue weighted by Gasteiger charge is 2.47. The van der Waals surface area contributed by atoms with Crippen LogP contribution in [0.1, 0.15) is 30.4 Å². The number of carbonyl (C=O) groups is 1. The molecule has 1 aromatic rings. The molecule has 0 aliphatic heterocycles. The molecule has 16 heavy (non-hydrogen) atoms.